The molecular formula is C14H19N3O. The molecule has 0 spiro atoms. The summed E-state index contributed by atoms with van der Waals surface area (Å²) in [5.74, 6) is 0.884. The second kappa shape index (κ2) is 6.21. The van der Waals surface area contributed by atoms with Crippen LogP contribution in [0.15, 0.2) is 36.7 Å². The topological polar surface area (TPSA) is 53.1 Å². The Morgan fingerprint density at radius 2 is 2.28 bits per heavy atom. The molecule has 0 aliphatic heterocycles. The minimum absolute atomic E-state index is 0.545. The Labute approximate surface area is 107 Å². The summed E-state index contributed by atoms with van der Waals surface area (Å²) in [6.45, 7) is 4.15. The Morgan fingerprint density at radius 3 is 3.00 bits per heavy atom. The third-order valence-electron chi connectivity index (χ3n) is 2.70. The SMILES string of the molecule is Cc1cnn(CCCOc2cccc(CN)c2)c1. The largest absolute Gasteiger partial charge is 0.494 e. The van der Waals surface area contributed by atoms with Crippen LogP contribution in [0.25, 0.3) is 0 Å². The highest BCUT2D eigenvalue weighted by atomic mass is 16.5. The Hall–Kier alpha value is -1.81. The second-order valence-electron chi connectivity index (χ2n) is 4.33. The summed E-state index contributed by atoms with van der Waals surface area (Å²) in [5.41, 5.74) is 7.86. The first-order valence-electron chi connectivity index (χ1n) is 6.19. The number of ether oxygens (including phenoxy) is 1. The zero-order valence-corrected chi connectivity index (χ0v) is 10.7. The van der Waals surface area contributed by atoms with E-state index in [-0.39, 0.29) is 0 Å². The van der Waals surface area contributed by atoms with Crippen molar-refractivity contribution in [1.82, 2.24) is 9.78 Å². The highest BCUT2D eigenvalue weighted by molar-refractivity contribution is 5.28. The van der Waals surface area contributed by atoms with E-state index in [2.05, 4.69) is 5.10 Å². The van der Waals surface area contributed by atoms with Crippen molar-refractivity contribution in [3.8, 4) is 5.75 Å². The van der Waals surface area contributed by atoms with Crippen molar-refractivity contribution in [3.05, 3.63) is 47.8 Å². The maximum absolute atomic E-state index is 5.68. The minimum Gasteiger partial charge on any atom is -0.494 e. The maximum atomic E-state index is 5.68. The molecule has 0 bridgehead atoms. The van der Waals surface area contributed by atoms with Gasteiger partial charge in [0.15, 0.2) is 0 Å². The Morgan fingerprint density at radius 1 is 1.39 bits per heavy atom. The summed E-state index contributed by atoms with van der Waals surface area (Å²) in [4.78, 5) is 0. The first-order chi connectivity index (χ1) is 8.78. The summed E-state index contributed by atoms with van der Waals surface area (Å²) < 4.78 is 7.62. The number of aromatic nitrogens is 2. The lowest BCUT2D eigenvalue weighted by Gasteiger charge is -2.07. The van der Waals surface area contributed by atoms with Gasteiger partial charge in [-0.2, -0.15) is 5.10 Å². The number of aryl methyl sites for hydroxylation is 2. The van der Waals surface area contributed by atoms with E-state index >= 15 is 0 Å². The third kappa shape index (κ3) is 3.60. The van der Waals surface area contributed by atoms with Crippen LogP contribution in [-0.2, 0) is 13.1 Å². The molecule has 2 rings (SSSR count). The number of benzene rings is 1. The average Bonchev–Trinajstić information content (AvgIpc) is 2.81. The fourth-order valence-corrected chi connectivity index (χ4v) is 1.77. The normalized spacial score (nSPS) is 10.6. The molecule has 0 radical (unpaired) electrons. The van der Waals surface area contributed by atoms with E-state index in [1.165, 1.54) is 5.56 Å². The molecule has 0 atom stereocenters. The highest BCUT2D eigenvalue weighted by Gasteiger charge is 1.97. The minimum atomic E-state index is 0.545. The van der Waals surface area contributed by atoms with Crippen LogP contribution in [0.1, 0.15) is 17.5 Å². The number of hydrogen-bond acceptors (Lipinski definition) is 3. The van der Waals surface area contributed by atoms with Gasteiger partial charge in [-0.15, -0.1) is 0 Å². The Kier molecular flexibility index (Phi) is 4.36. The Bertz CT molecular complexity index is 493. The van der Waals surface area contributed by atoms with Crippen LogP contribution in [0.5, 0.6) is 5.75 Å². The standard InChI is InChI=1S/C14H19N3O/c1-12-10-16-17(11-12)6-3-7-18-14-5-2-4-13(8-14)9-15/h2,4-5,8,10-11H,3,6-7,9,15H2,1H3. The van der Waals surface area contributed by atoms with Crippen molar-refractivity contribution in [2.75, 3.05) is 6.61 Å². The highest BCUT2D eigenvalue weighted by Crippen LogP contribution is 2.13. The lowest BCUT2D eigenvalue weighted by Crippen LogP contribution is -2.05. The maximum Gasteiger partial charge on any atom is 0.119 e. The van der Waals surface area contributed by atoms with E-state index in [1.54, 1.807) is 0 Å². The number of nitrogens with zero attached hydrogens (tertiary/aromatic N) is 2. The first-order valence-corrected chi connectivity index (χ1v) is 6.19. The van der Waals surface area contributed by atoms with Gasteiger partial charge in [-0.3, -0.25) is 4.68 Å². The molecule has 4 nitrogen and oxygen atoms in total. The first kappa shape index (κ1) is 12.6. The fourth-order valence-electron chi connectivity index (χ4n) is 1.77. The summed E-state index contributed by atoms with van der Waals surface area (Å²) in [6.07, 6.45) is 4.84. The van der Waals surface area contributed by atoms with Gasteiger partial charge in [-0.25, -0.2) is 0 Å². The van der Waals surface area contributed by atoms with Crippen LogP contribution in [0.3, 0.4) is 0 Å². The van der Waals surface area contributed by atoms with Gasteiger partial charge in [0.25, 0.3) is 0 Å². The van der Waals surface area contributed by atoms with Gasteiger partial charge < -0.3 is 10.5 Å². The predicted molar refractivity (Wildman–Crippen MR) is 71.4 cm³/mol. The molecule has 2 N–H and O–H groups in total. The molecule has 0 amide bonds. The summed E-state index contributed by atoms with van der Waals surface area (Å²) in [6, 6.07) is 7.91. The van der Waals surface area contributed by atoms with Crippen LogP contribution in [-0.4, -0.2) is 16.4 Å². The van der Waals surface area contributed by atoms with Crippen LogP contribution >= 0.6 is 0 Å². The van der Waals surface area contributed by atoms with Crippen molar-refractivity contribution in [3.63, 3.8) is 0 Å². The van der Waals surface area contributed by atoms with Crippen molar-refractivity contribution in [2.24, 2.45) is 5.73 Å². The fraction of sp³-hybridized carbons (Fsp3) is 0.357. The number of rotatable bonds is 6. The van der Waals surface area contributed by atoms with Gasteiger partial charge in [0.2, 0.25) is 0 Å². The van der Waals surface area contributed by atoms with Gasteiger partial charge >= 0.3 is 0 Å². The Balaban J connectivity index is 1.74. The molecule has 0 fully saturated rings. The van der Waals surface area contributed by atoms with Gasteiger partial charge in [0, 0.05) is 25.7 Å². The molecule has 1 aromatic carbocycles. The van der Waals surface area contributed by atoms with E-state index in [1.807, 2.05) is 48.3 Å². The summed E-state index contributed by atoms with van der Waals surface area (Å²) in [7, 11) is 0. The molecule has 0 aliphatic carbocycles. The molecule has 0 saturated heterocycles. The van der Waals surface area contributed by atoms with Crippen molar-refractivity contribution >= 4 is 0 Å². The quantitative estimate of drug-likeness (QED) is 0.793. The molecule has 1 heterocycles. The lowest BCUT2D eigenvalue weighted by atomic mass is 10.2. The van der Waals surface area contributed by atoms with E-state index in [0.29, 0.717) is 13.2 Å². The van der Waals surface area contributed by atoms with Crippen LogP contribution in [0, 0.1) is 6.92 Å². The molecule has 0 unspecified atom stereocenters. The van der Waals surface area contributed by atoms with Crippen LogP contribution in [0.2, 0.25) is 0 Å². The van der Waals surface area contributed by atoms with Crippen molar-refractivity contribution in [1.29, 1.82) is 0 Å². The molecule has 18 heavy (non-hydrogen) atoms. The van der Waals surface area contributed by atoms with E-state index in [4.69, 9.17) is 10.5 Å². The van der Waals surface area contributed by atoms with Crippen molar-refractivity contribution in [2.45, 2.75) is 26.4 Å². The third-order valence-corrected chi connectivity index (χ3v) is 2.70. The monoisotopic (exact) mass is 245 g/mol. The number of hydrogen-bond donors (Lipinski definition) is 1. The molecule has 0 saturated carbocycles. The summed E-state index contributed by atoms with van der Waals surface area (Å²) >= 11 is 0. The van der Waals surface area contributed by atoms with Crippen LogP contribution in [0.4, 0.5) is 0 Å². The zero-order valence-electron chi connectivity index (χ0n) is 10.7. The predicted octanol–water partition coefficient (Wildman–Crippen LogP) is 2.12. The molecule has 96 valence electrons. The lowest BCUT2D eigenvalue weighted by molar-refractivity contribution is 0.298. The van der Waals surface area contributed by atoms with Gasteiger partial charge in [0.05, 0.1) is 12.8 Å². The zero-order chi connectivity index (χ0) is 12.8. The second-order valence-corrected chi connectivity index (χ2v) is 4.33. The van der Waals surface area contributed by atoms with E-state index in [0.717, 1.165) is 24.3 Å². The molecule has 1 aromatic heterocycles. The molecular weight excluding hydrogens is 226 g/mol. The average molecular weight is 245 g/mol. The van der Waals surface area contributed by atoms with Crippen LogP contribution < -0.4 is 10.5 Å². The van der Waals surface area contributed by atoms with Gasteiger partial charge in [0.1, 0.15) is 5.75 Å². The molecule has 4 heteroatoms. The van der Waals surface area contributed by atoms with Gasteiger partial charge in [-0.1, -0.05) is 12.1 Å². The number of nitrogens with two attached hydrogens (primary N) is 1. The molecule has 0 aliphatic rings. The van der Waals surface area contributed by atoms with E-state index in [9.17, 15) is 0 Å². The smallest absolute Gasteiger partial charge is 0.119 e. The van der Waals surface area contributed by atoms with Crippen molar-refractivity contribution < 1.29 is 4.74 Å². The summed E-state index contributed by atoms with van der Waals surface area (Å²) in [5, 5.41) is 4.23. The van der Waals surface area contributed by atoms with Gasteiger partial charge in [-0.05, 0) is 30.2 Å². The molecule has 2 aromatic rings. The van der Waals surface area contributed by atoms with E-state index < -0.39 is 0 Å².